The predicted octanol–water partition coefficient (Wildman–Crippen LogP) is 1.57. The predicted molar refractivity (Wildman–Crippen MR) is 97.2 cm³/mol. The highest BCUT2D eigenvalue weighted by molar-refractivity contribution is 5.96. The molecule has 0 fully saturated rings. The van der Waals surface area contributed by atoms with Crippen LogP contribution < -0.4 is 5.32 Å². The van der Waals surface area contributed by atoms with Crippen LogP contribution in [0, 0.1) is 0 Å². The van der Waals surface area contributed by atoms with Crippen molar-refractivity contribution in [2.24, 2.45) is 0 Å². The van der Waals surface area contributed by atoms with E-state index in [9.17, 15) is 9.59 Å². The van der Waals surface area contributed by atoms with Crippen LogP contribution in [0.4, 0.5) is 0 Å². The van der Waals surface area contributed by atoms with Gasteiger partial charge in [-0.25, -0.2) is 14.8 Å². The third kappa shape index (κ3) is 4.75. The van der Waals surface area contributed by atoms with Gasteiger partial charge in [0.1, 0.15) is 18.2 Å². The largest absolute Gasteiger partial charge is 0.464 e. The number of carbonyl (C=O) groups is 2. The Morgan fingerprint density at radius 2 is 2.07 bits per heavy atom. The van der Waals surface area contributed by atoms with Gasteiger partial charge in [-0.3, -0.25) is 14.3 Å². The Kier molecular flexibility index (Phi) is 5.88. The normalized spacial score (nSPS) is 11.6. The number of esters is 1. The second kappa shape index (κ2) is 8.70. The molecule has 8 heteroatoms. The molecule has 0 spiro atoms. The van der Waals surface area contributed by atoms with Gasteiger partial charge < -0.3 is 10.1 Å². The molecule has 0 unspecified atom stereocenters. The first-order chi connectivity index (χ1) is 13.2. The van der Waals surface area contributed by atoms with Gasteiger partial charge in [0.15, 0.2) is 0 Å². The van der Waals surface area contributed by atoms with Crippen LogP contribution in [0.5, 0.6) is 0 Å². The van der Waals surface area contributed by atoms with E-state index >= 15 is 0 Å². The van der Waals surface area contributed by atoms with Gasteiger partial charge in [0.25, 0.3) is 5.91 Å². The SMILES string of the molecule is CCOC(=O)[C@@H](Cc1ccccn1)NC(=O)c1ccc(-n2ccnc2)nc1. The van der Waals surface area contributed by atoms with Crippen LogP contribution in [0.25, 0.3) is 5.82 Å². The Bertz CT molecular complexity index is 879. The van der Waals surface area contributed by atoms with Gasteiger partial charge >= 0.3 is 5.97 Å². The maximum absolute atomic E-state index is 12.6. The number of hydrogen-bond acceptors (Lipinski definition) is 6. The standard InChI is InChI=1S/C19H19N5O3/c1-2-27-19(26)16(11-15-5-3-4-8-21-15)23-18(25)14-6-7-17(22-12-14)24-10-9-20-13-24/h3-10,12-13,16H,2,11H2,1H3,(H,23,25)/t16-/m1/s1. The third-order valence-electron chi connectivity index (χ3n) is 3.79. The van der Waals surface area contributed by atoms with Crippen molar-refractivity contribution in [2.45, 2.75) is 19.4 Å². The first-order valence-corrected chi connectivity index (χ1v) is 8.49. The topological polar surface area (TPSA) is 99.0 Å². The van der Waals surface area contributed by atoms with Gasteiger partial charge in [0.05, 0.1) is 12.2 Å². The third-order valence-corrected chi connectivity index (χ3v) is 3.79. The van der Waals surface area contributed by atoms with Crippen LogP contribution in [0.15, 0.2) is 61.4 Å². The lowest BCUT2D eigenvalue weighted by molar-refractivity contribution is -0.145. The minimum atomic E-state index is -0.833. The Hall–Kier alpha value is -3.55. The molecule has 3 rings (SSSR count). The van der Waals surface area contributed by atoms with E-state index in [1.54, 1.807) is 60.7 Å². The molecule has 0 bridgehead atoms. The fourth-order valence-electron chi connectivity index (χ4n) is 2.47. The molecule has 0 saturated carbocycles. The Labute approximate surface area is 156 Å². The lowest BCUT2D eigenvalue weighted by atomic mass is 10.1. The average Bonchev–Trinajstić information content (AvgIpc) is 3.23. The van der Waals surface area contributed by atoms with Crippen molar-refractivity contribution in [1.29, 1.82) is 0 Å². The summed E-state index contributed by atoms with van der Waals surface area (Å²) in [6.07, 6.45) is 8.35. The zero-order chi connectivity index (χ0) is 19.1. The van der Waals surface area contributed by atoms with Crippen molar-refractivity contribution < 1.29 is 14.3 Å². The van der Waals surface area contributed by atoms with Crippen molar-refractivity contribution in [1.82, 2.24) is 24.8 Å². The summed E-state index contributed by atoms with van der Waals surface area (Å²) in [6.45, 7) is 1.95. The molecule has 3 heterocycles. The van der Waals surface area contributed by atoms with Crippen LogP contribution >= 0.6 is 0 Å². The molecular weight excluding hydrogens is 346 g/mol. The van der Waals surface area contributed by atoms with E-state index in [2.05, 4.69) is 20.3 Å². The number of amides is 1. The van der Waals surface area contributed by atoms with E-state index in [1.165, 1.54) is 6.20 Å². The highest BCUT2D eigenvalue weighted by Crippen LogP contribution is 2.07. The molecule has 8 nitrogen and oxygen atoms in total. The Morgan fingerprint density at radius 3 is 2.70 bits per heavy atom. The summed E-state index contributed by atoms with van der Waals surface area (Å²) >= 11 is 0. The number of nitrogens with zero attached hydrogens (tertiary/aromatic N) is 4. The average molecular weight is 365 g/mol. The second-order valence-corrected chi connectivity index (χ2v) is 5.68. The molecule has 0 aromatic carbocycles. The molecule has 3 aromatic heterocycles. The summed E-state index contributed by atoms with van der Waals surface area (Å²) in [7, 11) is 0. The van der Waals surface area contributed by atoms with E-state index in [1.807, 2.05) is 6.07 Å². The minimum absolute atomic E-state index is 0.231. The maximum Gasteiger partial charge on any atom is 0.329 e. The van der Waals surface area contributed by atoms with Crippen LogP contribution in [0.1, 0.15) is 23.0 Å². The Morgan fingerprint density at radius 1 is 1.19 bits per heavy atom. The summed E-state index contributed by atoms with van der Waals surface area (Å²) < 4.78 is 6.80. The van der Waals surface area contributed by atoms with E-state index in [4.69, 9.17) is 4.74 Å². The van der Waals surface area contributed by atoms with Gasteiger partial charge in [0, 0.05) is 36.9 Å². The molecule has 0 aliphatic carbocycles. The number of aromatic nitrogens is 4. The van der Waals surface area contributed by atoms with E-state index < -0.39 is 17.9 Å². The number of carbonyl (C=O) groups excluding carboxylic acids is 2. The number of pyridine rings is 2. The first-order valence-electron chi connectivity index (χ1n) is 8.49. The summed E-state index contributed by atoms with van der Waals surface area (Å²) in [5, 5.41) is 2.71. The number of rotatable bonds is 7. The van der Waals surface area contributed by atoms with E-state index in [0.29, 0.717) is 17.1 Å². The summed E-state index contributed by atoms with van der Waals surface area (Å²) in [4.78, 5) is 37.2. The van der Waals surface area contributed by atoms with Crippen LogP contribution in [-0.4, -0.2) is 44.0 Å². The van der Waals surface area contributed by atoms with E-state index in [0.717, 1.165) is 0 Å². The smallest absolute Gasteiger partial charge is 0.329 e. The molecule has 1 N–H and O–H groups in total. The number of imidazole rings is 1. The summed E-state index contributed by atoms with van der Waals surface area (Å²) in [5.74, 6) is -0.271. The molecule has 27 heavy (non-hydrogen) atoms. The summed E-state index contributed by atoms with van der Waals surface area (Å²) in [6, 6.07) is 7.91. The lowest BCUT2D eigenvalue weighted by Crippen LogP contribution is -2.43. The summed E-state index contributed by atoms with van der Waals surface area (Å²) in [5.41, 5.74) is 1.03. The molecular formula is C19H19N5O3. The molecule has 0 aliphatic heterocycles. The quantitative estimate of drug-likeness (QED) is 0.638. The van der Waals surface area contributed by atoms with Gasteiger partial charge in [-0.15, -0.1) is 0 Å². The maximum atomic E-state index is 12.6. The first kappa shape index (κ1) is 18.2. The molecule has 0 aliphatic rings. The number of hydrogen-bond donors (Lipinski definition) is 1. The van der Waals surface area contributed by atoms with Gasteiger partial charge in [-0.2, -0.15) is 0 Å². The van der Waals surface area contributed by atoms with Crippen molar-refractivity contribution in [3.05, 3.63) is 72.7 Å². The zero-order valence-corrected chi connectivity index (χ0v) is 14.8. The fraction of sp³-hybridized carbons (Fsp3) is 0.211. The van der Waals surface area contributed by atoms with Gasteiger partial charge in [-0.05, 0) is 31.2 Å². The van der Waals surface area contributed by atoms with Crippen LogP contribution in [0.2, 0.25) is 0 Å². The van der Waals surface area contributed by atoms with Gasteiger partial charge in [0.2, 0.25) is 0 Å². The number of nitrogens with one attached hydrogen (secondary N) is 1. The van der Waals surface area contributed by atoms with Crippen molar-refractivity contribution in [3.63, 3.8) is 0 Å². The zero-order valence-electron chi connectivity index (χ0n) is 14.8. The molecule has 0 saturated heterocycles. The monoisotopic (exact) mass is 365 g/mol. The molecule has 0 radical (unpaired) electrons. The molecule has 1 atom stereocenters. The minimum Gasteiger partial charge on any atom is -0.464 e. The fourth-order valence-corrected chi connectivity index (χ4v) is 2.47. The molecule has 1 amide bonds. The van der Waals surface area contributed by atoms with E-state index in [-0.39, 0.29) is 13.0 Å². The van der Waals surface area contributed by atoms with Crippen LogP contribution in [-0.2, 0) is 16.0 Å². The number of ether oxygens (including phenoxy) is 1. The van der Waals surface area contributed by atoms with Crippen molar-refractivity contribution >= 4 is 11.9 Å². The molecule has 138 valence electrons. The van der Waals surface area contributed by atoms with Crippen molar-refractivity contribution in [2.75, 3.05) is 6.61 Å². The molecule has 3 aromatic rings. The van der Waals surface area contributed by atoms with Crippen molar-refractivity contribution in [3.8, 4) is 5.82 Å². The second-order valence-electron chi connectivity index (χ2n) is 5.68. The van der Waals surface area contributed by atoms with Crippen LogP contribution in [0.3, 0.4) is 0 Å². The van der Waals surface area contributed by atoms with Gasteiger partial charge in [-0.1, -0.05) is 6.07 Å². The highest BCUT2D eigenvalue weighted by atomic mass is 16.5. The lowest BCUT2D eigenvalue weighted by Gasteiger charge is -2.17. The Balaban J connectivity index is 1.72. The highest BCUT2D eigenvalue weighted by Gasteiger charge is 2.23.